The van der Waals surface area contributed by atoms with Gasteiger partial charge < -0.3 is 10.6 Å². The summed E-state index contributed by atoms with van der Waals surface area (Å²) in [6.45, 7) is 7.18. The van der Waals surface area contributed by atoms with E-state index in [1.54, 1.807) is 11.3 Å². The van der Waals surface area contributed by atoms with Crippen LogP contribution in [0, 0.1) is 0 Å². The topological polar surface area (TPSA) is 54.0 Å². The molecule has 0 radical (unpaired) electrons. The Labute approximate surface area is 209 Å². The molecular weight excluding hydrogens is 450 g/mol. The van der Waals surface area contributed by atoms with Gasteiger partial charge in [-0.25, -0.2) is 4.98 Å². The highest BCUT2D eigenvalue weighted by Gasteiger charge is 2.24. The maximum atomic E-state index is 12.7. The number of nitrogens with zero attached hydrogens (tertiary/aromatic N) is 1. The molecule has 4 nitrogen and oxygen atoms in total. The third-order valence-corrected chi connectivity index (χ3v) is 7.87. The second-order valence-corrected chi connectivity index (χ2v) is 10.7. The first-order chi connectivity index (χ1) is 17.0. The Kier molecular flexibility index (Phi) is 5.30. The Hall–Kier alpha value is -3.70. The van der Waals surface area contributed by atoms with E-state index in [0.29, 0.717) is 12.5 Å². The Morgan fingerprint density at radius 1 is 0.943 bits per heavy atom. The van der Waals surface area contributed by atoms with E-state index in [-0.39, 0.29) is 11.9 Å². The first kappa shape index (κ1) is 21.8. The molecule has 0 saturated heterocycles. The van der Waals surface area contributed by atoms with E-state index >= 15 is 0 Å². The Bertz CT molecular complexity index is 1590. The number of aromatic nitrogens is 1. The van der Waals surface area contributed by atoms with E-state index < -0.39 is 0 Å². The van der Waals surface area contributed by atoms with E-state index in [9.17, 15) is 4.79 Å². The van der Waals surface area contributed by atoms with Gasteiger partial charge in [0.15, 0.2) is 0 Å². The molecule has 1 amide bonds. The van der Waals surface area contributed by atoms with Crippen LogP contribution in [0.1, 0.15) is 41.9 Å². The molecule has 0 fully saturated rings. The molecule has 0 aliphatic carbocycles. The van der Waals surface area contributed by atoms with Crippen LogP contribution in [0.15, 0.2) is 72.8 Å². The van der Waals surface area contributed by atoms with Crippen molar-refractivity contribution in [3.8, 4) is 22.4 Å². The average Bonchev–Trinajstić information content (AvgIpc) is 3.20. The molecule has 3 aromatic carbocycles. The summed E-state index contributed by atoms with van der Waals surface area (Å²) < 4.78 is 1.10. The highest BCUT2D eigenvalue weighted by molar-refractivity contribution is 7.21. The molecule has 1 aliphatic rings. The number of thiophene rings is 1. The normalized spacial score (nSPS) is 15.7. The van der Waals surface area contributed by atoms with Crippen LogP contribution in [0.2, 0.25) is 0 Å². The van der Waals surface area contributed by atoms with Gasteiger partial charge in [0.05, 0.1) is 16.9 Å². The number of hydrogen-bond acceptors (Lipinski definition) is 4. The standard InChI is InChI=1S/C30H27N3OS/c1-17(2)20-13-21(19-7-5-4-6-8-19)15-22(14-20)24-10-9-23-25(33-24)11-12-26-27(23)28-29(35-26)30(34)32-18(3)16-31-28/h4-15,17-18,31H,16H2,1-3H3,(H,32,34)/t18-/m1/s1. The molecule has 0 unspecified atom stereocenters. The van der Waals surface area contributed by atoms with Gasteiger partial charge in [0.2, 0.25) is 0 Å². The second kappa shape index (κ2) is 8.51. The first-order valence-electron chi connectivity index (χ1n) is 12.1. The minimum Gasteiger partial charge on any atom is -0.381 e. The number of carbonyl (C=O) groups is 1. The van der Waals surface area contributed by atoms with Crippen LogP contribution in [0.3, 0.4) is 0 Å². The molecule has 2 aromatic heterocycles. The number of pyridine rings is 1. The number of amides is 1. The van der Waals surface area contributed by atoms with Crippen molar-refractivity contribution in [1.82, 2.24) is 10.3 Å². The lowest BCUT2D eigenvalue weighted by molar-refractivity contribution is 0.0949. The van der Waals surface area contributed by atoms with Gasteiger partial charge in [0.25, 0.3) is 5.91 Å². The van der Waals surface area contributed by atoms with Crippen LogP contribution in [0.25, 0.3) is 43.4 Å². The number of hydrogen-bond donors (Lipinski definition) is 2. The van der Waals surface area contributed by atoms with Crippen molar-refractivity contribution in [3.63, 3.8) is 0 Å². The van der Waals surface area contributed by atoms with Crippen LogP contribution in [-0.4, -0.2) is 23.5 Å². The monoisotopic (exact) mass is 477 g/mol. The Morgan fingerprint density at radius 3 is 2.54 bits per heavy atom. The van der Waals surface area contributed by atoms with Crippen molar-refractivity contribution in [2.75, 3.05) is 11.9 Å². The van der Waals surface area contributed by atoms with E-state index in [4.69, 9.17) is 4.98 Å². The molecule has 6 rings (SSSR count). The minimum absolute atomic E-state index is 0.00429. The van der Waals surface area contributed by atoms with Crippen molar-refractivity contribution in [3.05, 3.63) is 83.2 Å². The van der Waals surface area contributed by atoms with Crippen molar-refractivity contribution in [1.29, 1.82) is 0 Å². The quantitative estimate of drug-likeness (QED) is 0.284. The summed E-state index contributed by atoms with van der Waals surface area (Å²) in [5.74, 6) is 0.411. The first-order valence-corrected chi connectivity index (χ1v) is 12.9. The molecule has 2 N–H and O–H groups in total. The molecule has 0 saturated carbocycles. The molecule has 5 aromatic rings. The maximum Gasteiger partial charge on any atom is 0.263 e. The van der Waals surface area contributed by atoms with Crippen molar-refractivity contribution < 1.29 is 4.79 Å². The van der Waals surface area contributed by atoms with E-state index in [2.05, 4.69) is 91.2 Å². The second-order valence-electron chi connectivity index (χ2n) is 9.63. The molecule has 0 bridgehead atoms. The lowest BCUT2D eigenvalue weighted by atomic mass is 9.93. The number of benzene rings is 3. The van der Waals surface area contributed by atoms with Gasteiger partial charge >= 0.3 is 0 Å². The zero-order valence-electron chi connectivity index (χ0n) is 20.1. The van der Waals surface area contributed by atoms with E-state index in [1.165, 1.54) is 16.7 Å². The van der Waals surface area contributed by atoms with Crippen LogP contribution in [-0.2, 0) is 0 Å². The summed E-state index contributed by atoms with van der Waals surface area (Å²) in [7, 11) is 0. The Morgan fingerprint density at radius 2 is 1.74 bits per heavy atom. The van der Waals surface area contributed by atoms with Gasteiger partial charge in [-0.2, -0.15) is 0 Å². The van der Waals surface area contributed by atoms with Gasteiger partial charge in [0, 0.05) is 33.6 Å². The van der Waals surface area contributed by atoms with Crippen LogP contribution >= 0.6 is 11.3 Å². The van der Waals surface area contributed by atoms with Gasteiger partial charge in [-0.05, 0) is 65.9 Å². The third-order valence-electron chi connectivity index (χ3n) is 6.72. The summed E-state index contributed by atoms with van der Waals surface area (Å²) in [4.78, 5) is 18.6. The van der Waals surface area contributed by atoms with Gasteiger partial charge in [-0.1, -0.05) is 50.2 Å². The molecule has 5 heteroatoms. The summed E-state index contributed by atoms with van der Waals surface area (Å²) >= 11 is 1.54. The molecular formula is C30H27N3OS. The zero-order valence-corrected chi connectivity index (χ0v) is 20.9. The van der Waals surface area contributed by atoms with Gasteiger partial charge in [-0.15, -0.1) is 11.3 Å². The fourth-order valence-corrected chi connectivity index (χ4v) is 5.91. The smallest absolute Gasteiger partial charge is 0.263 e. The number of anilines is 1. The predicted octanol–water partition coefficient (Wildman–Crippen LogP) is 7.45. The molecule has 174 valence electrons. The third kappa shape index (κ3) is 3.86. The van der Waals surface area contributed by atoms with Crippen molar-refractivity contribution in [2.24, 2.45) is 0 Å². The molecule has 3 heterocycles. The van der Waals surface area contributed by atoms with Gasteiger partial charge in [-0.3, -0.25) is 4.79 Å². The fraction of sp³-hybridized carbons (Fsp3) is 0.200. The number of nitrogens with one attached hydrogen (secondary N) is 2. The average molecular weight is 478 g/mol. The van der Waals surface area contributed by atoms with E-state index in [1.807, 2.05) is 13.0 Å². The molecule has 0 spiro atoms. The predicted molar refractivity (Wildman–Crippen MR) is 148 cm³/mol. The molecule has 1 aliphatic heterocycles. The maximum absolute atomic E-state index is 12.7. The highest BCUT2D eigenvalue weighted by atomic mass is 32.1. The lowest BCUT2D eigenvalue weighted by Crippen LogP contribution is -2.34. The molecule has 1 atom stereocenters. The summed E-state index contributed by atoms with van der Waals surface area (Å²) in [5.41, 5.74) is 7.65. The number of carbonyl (C=O) groups excluding carboxylic acids is 1. The fourth-order valence-electron chi connectivity index (χ4n) is 4.82. The van der Waals surface area contributed by atoms with E-state index in [0.717, 1.165) is 42.8 Å². The SMILES string of the molecule is CC(C)c1cc(-c2ccccc2)cc(-c2ccc3c(ccc4sc5c(c43)NC[C@@H](C)NC5=O)n2)c1. The van der Waals surface area contributed by atoms with Crippen LogP contribution in [0.5, 0.6) is 0 Å². The summed E-state index contributed by atoms with van der Waals surface area (Å²) in [6, 6.07) is 25.8. The van der Waals surface area contributed by atoms with Crippen LogP contribution in [0.4, 0.5) is 5.69 Å². The summed E-state index contributed by atoms with van der Waals surface area (Å²) in [6.07, 6.45) is 0. The lowest BCUT2D eigenvalue weighted by Gasteiger charge is -2.13. The van der Waals surface area contributed by atoms with Gasteiger partial charge in [0.1, 0.15) is 4.88 Å². The number of rotatable bonds is 3. The number of fused-ring (bicyclic) bond motifs is 5. The molecule has 35 heavy (non-hydrogen) atoms. The van der Waals surface area contributed by atoms with Crippen molar-refractivity contribution in [2.45, 2.75) is 32.7 Å². The minimum atomic E-state index is -0.00429. The van der Waals surface area contributed by atoms with Crippen molar-refractivity contribution >= 4 is 43.9 Å². The summed E-state index contributed by atoms with van der Waals surface area (Å²) in [5, 5.41) is 8.74. The largest absolute Gasteiger partial charge is 0.381 e. The zero-order chi connectivity index (χ0) is 24.1. The Balaban J connectivity index is 1.51. The highest BCUT2D eigenvalue weighted by Crippen LogP contribution is 2.41. The van der Waals surface area contributed by atoms with Crippen LogP contribution < -0.4 is 10.6 Å².